The molecule has 106 valence electrons. The average molecular weight is 260 g/mol. The van der Waals surface area contributed by atoms with Gasteiger partial charge in [0.05, 0.1) is 6.54 Å². The monoisotopic (exact) mass is 260 g/mol. The number of rotatable bonds is 7. The summed E-state index contributed by atoms with van der Waals surface area (Å²) < 4.78 is 24.6. The minimum atomic E-state index is -2.23. The molecule has 2 atom stereocenters. The first-order valence-electron chi connectivity index (χ1n) is 7.41. The molecule has 18 heavy (non-hydrogen) atoms. The number of hydrogen-bond acceptors (Lipinski definition) is 2. The molecular weight excluding hydrogens is 234 g/mol. The van der Waals surface area contributed by atoms with Gasteiger partial charge >= 0.3 is 0 Å². The number of likely N-dealkylation sites (tertiary alicyclic amines) is 1. The van der Waals surface area contributed by atoms with Gasteiger partial charge in [-0.05, 0) is 37.5 Å². The largest absolute Gasteiger partial charge is 0.307 e. The molecule has 2 rings (SSSR count). The molecule has 0 bridgehead atoms. The van der Waals surface area contributed by atoms with Crippen LogP contribution in [0.5, 0.6) is 0 Å². The molecule has 0 aromatic rings. The molecule has 0 amide bonds. The van der Waals surface area contributed by atoms with Crippen molar-refractivity contribution in [1.29, 1.82) is 0 Å². The van der Waals surface area contributed by atoms with Gasteiger partial charge < -0.3 is 10.2 Å². The number of hydrogen-bond donors (Lipinski definition) is 1. The third-order valence-electron chi connectivity index (χ3n) is 4.08. The van der Waals surface area contributed by atoms with Gasteiger partial charge in [-0.15, -0.1) is 0 Å². The van der Waals surface area contributed by atoms with Gasteiger partial charge in [0.25, 0.3) is 6.43 Å². The second-order valence-electron chi connectivity index (χ2n) is 6.05. The van der Waals surface area contributed by atoms with Crippen molar-refractivity contribution in [3.05, 3.63) is 0 Å². The minimum absolute atomic E-state index is 0.152. The predicted octanol–water partition coefficient (Wildman–Crippen LogP) is 2.74. The van der Waals surface area contributed by atoms with Crippen molar-refractivity contribution < 1.29 is 8.78 Å². The highest BCUT2D eigenvalue weighted by Gasteiger charge is 2.31. The fourth-order valence-corrected chi connectivity index (χ4v) is 3.14. The van der Waals surface area contributed by atoms with Crippen molar-refractivity contribution in [2.45, 2.75) is 51.5 Å². The Morgan fingerprint density at radius 1 is 1.22 bits per heavy atom. The van der Waals surface area contributed by atoms with Crippen LogP contribution in [-0.4, -0.2) is 43.5 Å². The van der Waals surface area contributed by atoms with Crippen LogP contribution in [0.4, 0.5) is 8.78 Å². The molecule has 2 unspecified atom stereocenters. The lowest BCUT2D eigenvalue weighted by Crippen LogP contribution is -2.50. The molecule has 4 heteroatoms. The third kappa shape index (κ3) is 4.81. The van der Waals surface area contributed by atoms with Gasteiger partial charge in [0, 0.05) is 25.7 Å². The van der Waals surface area contributed by atoms with Crippen LogP contribution in [0.2, 0.25) is 0 Å². The fraction of sp³-hybridized carbons (Fsp3) is 1.00. The van der Waals surface area contributed by atoms with E-state index in [0.717, 1.165) is 18.9 Å². The Balaban J connectivity index is 1.79. The van der Waals surface area contributed by atoms with Gasteiger partial charge in [-0.1, -0.05) is 13.3 Å². The van der Waals surface area contributed by atoms with Gasteiger partial charge in [0.15, 0.2) is 0 Å². The summed E-state index contributed by atoms with van der Waals surface area (Å²) in [7, 11) is 0. The summed E-state index contributed by atoms with van der Waals surface area (Å²) in [6.07, 6.45) is 4.00. The number of halogens is 2. The highest BCUT2D eigenvalue weighted by Crippen LogP contribution is 2.31. The first-order chi connectivity index (χ1) is 8.67. The van der Waals surface area contributed by atoms with Crippen LogP contribution in [0.1, 0.15) is 39.0 Å². The van der Waals surface area contributed by atoms with Crippen LogP contribution in [-0.2, 0) is 0 Å². The van der Waals surface area contributed by atoms with Crippen molar-refractivity contribution in [1.82, 2.24) is 10.2 Å². The number of nitrogens with zero attached hydrogens (tertiary/aromatic N) is 1. The molecule has 1 aliphatic carbocycles. The van der Waals surface area contributed by atoms with Crippen molar-refractivity contribution >= 4 is 0 Å². The van der Waals surface area contributed by atoms with E-state index >= 15 is 0 Å². The Labute approximate surface area is 109 Å². The molecule has 1 N–H and O–H groups in total. The lowest BCUT2D eigenvalue weighted by atomic mass is 9.90. The predicted molar refractivity (Wildman–Crippen MR) is 70.0 cm³/mol. The van der Waals surface area contributed by atoms with Crippen molar-refractivity contribution in [2.24, 2.45) is 11.8 Å². The van der Waals surface area contributed by atoms with Crippen LogP contribution in [0, 0.1) is 11.8 Å². The SMILES string of the molecule is CCCC1CC(NCC(F)F)CN(CC2CC2)C1. The highest BCUT2D eigenvalue weighted by molar-refractivity contribution is 4.87. The Bertz CT molecular complexity index is 244. The van der Waals surface area contributed by atoms with E-state index < -0.39 is 6.43 Å². The first-order valence-corrected chi connectivity index (χ1v) is 7.41. The van der Waals surface area contributed by atoms with E-state index in [4.69, 9.17) is 0 Å². The van der Waals surface area contributed by atoms with Crippen molar-refractivity contribution in [3.63, 3.8) is 0 Å². The molecular formula is C14H26F2N2. The van der Waals surface area contributed by atoms with Crippen LogP contribution in [0.25, 0.3) is 0 Å². The maximum atomic E-state index is 12.3. The average Bonchev–Trinajstić information content (AvgIpc) is 3.10. The molecule has 0 aromatic heterocycles. The molecule has 1 heterocycles. The zero-order valence-corrected chi connectivity index (χ0v) is 11.4. The highest BCUT2D eigenvalue weighted by atomic mass is 19.3. The first kappa shape index (κ1) is 14.2. The Morgan fingerprint density at radius 2 is 2.00 bits per heavy atom. The number of piperidine rings is 1. The fourth-order valence-electron chi connectivity index (χ4n) is 3.14. The lowest BCUT2D eigenvalue weighted by Gasteiger charge is -2.38. The maximum absolute atomic E-state index is 12.3. The van der Waals surface area contributed by atoms with E-state index in [-0.39, 0.29) is 12.6 Å². The molecule has 1 saturated carbocycles. The van der Waals surface area contributed by atoms with E-state index in [1.807, 2.05) is 0 Å². The standard InChI is InChI=1S/C14H26F2N2/c1-2-3-12-6-13(17-7-14(15)16)10-18(9-12)8-11-4-5-11/h11-14,17H,2-10H2,1H3. The molecule has 2 nitrogen and oxygen atoms in total. The molecule has 0 spiro atoms. The summed E-state index contributed by atoms with van der Waals surface area (Å²) in [6.45, 7) is 5.38. The smallest absolute Gasteiger partial charge is 0.250 e. The summed E-state index contributed by atoms with van der Waals surface area (Å²) in [5, 5.41) is 3.04. The van der Waals surface area contributed by atoms with E-state index in [0.29, 0.717) is 5.92 Å². The molecule has 0 radical (unpaired) electrons. The van der Waals surface area contributed by atoms with Gasteiger partial charge in [0.1, 0.15) is 0 Å². The summed E-state index contributed by atoms with van der Waals surface area (Å²) >= 11 is 0. The summed E-state index contributed by atoms with van der Waals surface area (Å²) in [5.74, 6) is 1.58. The number of nitrogens with one attached hydrogen (secondary N) is 1. The van der Waals surface area contributed by atoms with Crippen LogP contribution < -0.4 is 5.32 Å². The van der Waals surface area contributed by atoms with Gasteiger partial charge in [-0.2, -0.15) is 0 Å². The zero-order valence-electron chi connectivity index (χ0n) is 11.4. The van der Waals surface area contributed by atoms with Crippen LogP contribution >= 0.6 is 0 Å². The van der Waals surface area contributed by atoms with E-state index in [2.05, 4.69) is 17.1 Å². The van der Waals surface area contributed by atoms with Crippen molar-refractivity contribution in [2.75, 3.05) is 26.2 Å². The van der Waals surface area contributed by atoms with E-state index in [1.165, 1.54) is 38.8 Å². The summed E-state index contributed by atoms with van der Waals surface area (Å²) in [5.41, 5.74) is 0. The minimum Gasteiger partial charge on any atom is -0.307 e. The van der Waals surface area contributed by atoms with Gasteiger partial charge in [0.2, 0.25) is 0 Å². The van der Waals surface area contributed by atoms with Crippen LogP contribution in [0.15, 0.2) is 0 Å². The molecule has 1 saturated heterocycles. The molecule has 0 aromatic carbocycles. The lowest BCUT2D eigenvalue weighted by molar-refractivity contribution is 0.104. The third-order valence-corrected chi connectivity index (χ3v) is 4.08. The van der Waals surface area contributed by atoms with E-state index in [9.17, 15) is 8.78 Å². The normalized spacial score (nSPS) is 30.0. The molecule has 1 aliphatic heterocycles. The summed E-state index contributed by atoms with van der Waals surface area (Å²) in [6, 6.07) is 0.267. The Kier molecular flexibility index (Phi) is 5.37. The maximum Gasteiger partial charge on any atom is 0.250 e. The Morgan fingerprint density at radius 3 is 2.61 bits per heavy atom. The zero-order chi connectivity index (χ0) is 13.0. The topological polar surface area (TPSA) is 15.3 Å². The van der Waals surface area contributed by atoms with Gasteiger partial charge in [-0.3, -0.25) is 0 Å². The molecule has 2 fully saturated rings. The van der Waals surface area contributed by atoms with Crippen LogP contribution in [0.3, 0.4) is 0 Å². The molecule has 2 aliphatic rings. The number of alkyl halides is 2. The Hall–Kier alpha value is -0.220. The summed E-state index contributed by atoms with van der Waals surface area (Å²) in [4.78, 5) is 2.50. The van der Waals surface area contributed by atoms with Crippen molar-refractivity contribution in [3.8, 4) is 0 Å². The van der Waals surface area contributed by atoms with E-state index in [1.54, 1.807) is 0 Å². The van der Waals surface area contributed by atoms with Gasteiger partial charge in [-0.25, -0.2) is 8.78 Å². The second-order valence-corrected chi connectivity index (χ2v) is 6.05. The second kappa shape index (κ2) is 6.80. The quantitative estimate of drug-likeness (QED) is 0.757.